The van der Waals surface area contributed by atoms with Gasteiger partial charge in [-0.3, -0.25) is 0 Å². The first-order valence-corrected chi connectivity index (χ1v) is 7.00. The zero-order valence-corrected chi connectivity index (χ0v) is 11.7. The van der Waals surface area contributed by atoms with Crippen LogP contribution in [0.1, 0.15) is 45.1 Å². The second kappa shape index (κ2) is 8.30. The number of nitrogens with zero attached hydrogens (tertiary/aromatic N) is 1. The van der Waals surface area contributed by atoms with E-state index in [2.05, 4.69) is 30.6 Å². The van der Waals surface area contributed by atoms with Gasteiger partial charge in [0.2, 0.25) is 0 Å². The van der Waals surface area contributed by atoms with Crippen LogP contribution < -0.4 is 0 Å². The summed E-state index contributed by atoms with van der Waals surface area (Å²) in [5, 5.41) is 0.896. The fourth-order valence-corrected chi connectivity index (χ4v) is 2.06. The van der Waals surface area contributed by atoms with Gasteiger partial charge in [-0.25, -0.2) is 4.58 Å². The third-order valence-electron chi connectivity index (χ3n) is 2.85. The number of benzene rings is 1. The van der Waals surface area contributed by atoms with Gasteiger partial charge < -0.3 is 0 Å². The molecule has 0 saturated heterocycles. The first-order chi connectivity index (χ1) is 8.29. The minimum Gasteiger partial charge on any atom is -0.219 e. The molecule has 2 heteroatoms. The van der Waals surface area contributed by atoms with Crippen molar-refractivity contribution in [2.45, 2.75) is 39.5 Å². The molecular formula is C15H23ClN+. The average molecular weight is 253 g/mol. The van der Waals surface area contributed by atoms with Crippen LogP contribution in [0.15, 0.2) is 30.3 Å². The Balaban J connectivity index is 2.83. The Hall–Kier alpha value is -0.820. The second-order valence-corrected chi connectivity index (χ2v) is 4.71. The Bertz CT molecular complexity index is 333. The lowest BCUT2D eigenvalue weighted by Gasteiger charge is -2.05. The molecule has 1 nitrogen and oxygen atoms in total. The average Bonchev–Trinajstić information content (AvgIpc) is 2.39. The molecule has 0 aromatic heterocycles. The summed E-state index contributed by atoms with van der Waals surface area (Å²) in [6, 6.07) is 10.3. The standard InChI is InChI=1S/C15H23ClN/c1-3-5-12-17(13-6-4-2)15(16)14-10-8-7-9-11-14/h7-11H,3-6,12-13H2,1-2H3/q+1. The van der Waals surface area contributed by atoms with Crippen LogP contribution in [0.25, 0.3) is 0 Å². The van der Waals surface area contributed by atoms with E-state index in [4.69, 9.17) is 11.6 Å². The van der Waals surface area contributed by atoms with Crippen molar-refractivity contribution in [3.05, 3.63) is 35.9 Å². The van der Waals surface area contributed by atoms with Crippen molar-refractivity contribution in [3.63, 3.8) is 0 Å². The summed E-state index contributed by atoms with van der Waals surface area (Å²) >= 11 is 6.49. The molecule has 0 amide bonds. The number of rotatable bonds is 7. The number of hydrogen-bond donors (Lipinski definition) is 0. The van der Waals surface area contributed by atoms with E-state index in [1.54, 1.807) is 0 Å². The fourth-order valence-electron chi connectivity index (χ4n) is 1.76. The predicted octanol–water partition coefficient (Wildman–Crippen LogP) is 4.28. The Morgan fingerprint density at radius 1 is 1.00 bits per heavy atom. The van der Waals surface area contributed by atoms with Crippen molar-refractivity contribution in [1.29, 1.82) is 0 Å². The number of halogens is 1. The van der Waals surface area contributed by atoms with Gasteiger partial charge in [0.25, 0.3) is 5.17 Å². The Labute approximate surface area is 110 Å². The van der Waals surface area contributed by atoms with E-state index >= 15 is 0 Å². The molecule has 0 aliphatic carbocycles. The Kier molecular flexibility index (Phi) is 6.95. The van der Waals surface area contributed by atoms with Crippen LogP contribution in [0, 0.1) is 0 Å². The van der Waals surface area contributed by atoms with Crippen LogP contribution in [0.3, 0.4) is 0 Å². The molecule has 0 atom stereocenters. The van der Waals surface area contributed by atoms with E-state index in [0.29, 0.717) is 0 Å². The molecule has 1 aromatic rings. The summed E-state index contributed by atoms with van der Waals surface area (Å²) in [5.74, 6) is 0. The molecule has 17 heavy (non-hydrogen) atoms. The molecule has 0 saturated carbocycles. The monoisotopic (exact) mass is 252 g/mol. The van der Waals surface area contributed by atoms with Crippen LogP contribution in [-0.2, 0) is 0 Å². The minimum absolute atomic E-state index is 0.896. The Morgan fingerprint density at radius 2 is 1.53 bits per heavy atom. The van der Waals surface area contributed by atoms with Gasteiger partial charge in [-0.05, 0) is 23.7 Å². The largest absolute Gasteiger partial charge is 0.276 e. The highest BCUT2D eigenvalue weighted by atomic mass is 35.5. The summed E-state index contributed by atoms with van der Waals surface area (Å²) in [6.07, 6.45) is 4.82. The minimum atomic E-state index is 0.896. The molecule has 0 heterocycles. The van der Waals surface area contributed by atoms with Crippen molar-refractivity contribution in [2.75, 3.05) is 13.1 Å². The van der Waals surface area contributed by atoms with Gasteiger partial charge >= 0.3 is 0 Å². The van der Waals surface area contributed by atoms with E-state index in [9.17, 15) is 0 Å². The van der Waals surface area contributed by atoms with Gasteiger partial charge in [0, 0.05) is 12.8 Å². The van der Waals surface area contributed by atoms with Crippen LogP contribution in [0.2, 0.25) is 0 Å². The molecule has 0 radical (unpaired) electrons. The van der Waals surface area contributed by atoms with E-state index < -0.39 is 0 Å². The summed E-state index contributed by atoms with van der Waals surface area (Å²) in [7, 11) is 0. The summed E-state index contributed by atoms with van der Waals surface area (Å²) in [5.41, 5.74) is 1.13. The van der Waals surface area contributed by atoms with Crippen molar-refractivity contribution >= 4 is 16.8 Å². The molecule has 0 aliphatic rings. The number of hydrogen-bond acceptors (Lipinski definition) is 0. The van der Waals surface area contributed by atoms with Crippen LogP contribution in [0.5, 0.6) is 0 Å². The second-order valence-electron chi connectivity index (χ2n) is 4.35. The predicted molar refractivity (Wildman–Crippen MR) is 76.2 cm³/mol. The van der Waals surface area contributed by atoms with E-state index in [1.165, 1.54) is 25.7 Å². The summed E-state index contributed by atoms with van der Waals surface area (Å²) in [6.45, 7) is 6.55. The van der Waals surface area contributed by atoms with Gasteiger partial charge in [0.15, 0.2) is 0 Å². The van der Waals surface area contributed by atoms with Crippen molar-refractivity contribution < 1.29 is 4.58 Å². The fraction of sp³-hybridized carbons (Fsp3) is 0.533. The van der Waals surface area contributed by atoms with Crippen molar-refractivity contribution in [2.24, 2.45) is 0 Å². The lowest BCUT2D eigenvalue weighted by atomic mass is 10.2. The van der Waals surface area contributed by atoms with Gasteiger partial charge in [-0.1, -0.05) is 44.9 Å². The lowest BCUT2D eigenvalue weighted by molar-refractivity contribution is -0.526. The van der Waals surface area contributed by atoms with E-state index in [-0.39, 0.29) is 0 Å². The first kappa shape index (κ1) is 14.2. The molecule has 1 rings (SSSR count). The molecule has 0 spiro atoms. The topological polar surface area (TPSA) is 3.01 Å². The molecule has 0 fully saturated rings. The zero-order chi connectivity index (χ0) is 12.5. The van der Waals surface area contributed by atoms with Gasteiger partial charge in [0.1, 0.15) is 13.1 Å². The third-order valence-corrected chi connectivity index (χ3v) is 3.31. The lowest BCUT2D eigenvalue weighted by Crippen LogP contribution is -2.21. The SMILES string of the molecule is CCCC[N+](CCCC)=C(Cl)c1ccccc1. The van der Waals surface area contributed by atoms with Crippen molar-refractivity contribution in [3.8, 4) is 0 Å². The maximum absolute atomic E-state index is 6.49. The van der Waals surface area contributed by atoms with Crippen LogP contribution in [0.4, 0.5) is 0 Å². The third kappa shape index (κ3) is 4.91. The molecular weight excluding hydrogens is 230 g/mol. The molecule has 94 valence electrons. The van der Waals surface area contributed by atoms with Crippen LogP contribution >= 0.6 is 11.6 Å². The van der Waals surface area contributed by atoms with Crippen LogP contribution in [-0.4, -0.2) is 22.8 Å². The molecule has 0 bridgehead atoms. The molecule has 0 aliphatic heterocycles. The number of unbranched alkanes of at least 4 members (excludes halogenated alkanes) is 2. The van der Waals surface area contributed by atoms with Gasteiger partial charge in [-0.15, -0.1) is 0 Å². The zero-order valence-electron chi connectivity index (χ0n) is 11.0. The molecule has 0 unspecified atom stereocenters. The summed E-state index contributed by atoms with van der Waals surface area (Å²) < 4.78 is 2.31. The molecule has 0 N–H and O–H groups in total. The van der Waals surface area contributed by atoms with Crippen molar-refractivity contribution in [1.82, 2.24) is 0 Å². The van der Waals surface area contributed by atoms with E-state index in [0.717, 1.165) is 23.8 Å². The Morgan fingerprint density at radius 3 is 2.00 bits per heavy atom. The first-order valence-electron chi connectivity index (χ1n) is 6.62. The molecule has 1 aromatic carbocycles. The van der Waals surface area contributed by atoms with E-state index in [1.807, 2.05) is 18.2 Å². The van der Waals surface area contributed by atoms with Gasteiger partial charge in [0.05, 0.1) is 5.56 Å². The smallest absolute Gasteiger partial charge is 0.219 e. The normalized spacial score (nSPS) is 10.3. The summed E-state index contributed by atoms with van der Waals surface area (Å²) in [4.78, 5) is 0. The maximum Gasteiger partial charge on any atom is 0.276 e. The highest BCUT2D eigenvalue weighted by Gasteiger charge is 2.13. The highest BCUT2D eigenvalue weighted by Crippen LogP contribution is 2.06. The highest BCUT2D eigenvalue weighted by molar-refractivity contribution is 6.68. The van der Waals surface area contributed by atoms with Gasteiger partial charge in [-0.2, -0.15) is 0 Å². The quantitative estimate of drug-likeness (QED) is 0.503. The maximum atomic E-state index is 6.49.